The molecule has 33 heavy (non-hydrogen) atoms. The maximum atomic E-state index is 12.9. The number of tetrazole rings is 1. The molecule has 3 aromatic carbocycles. The monoisotopic (exact) mass is 444 g/mol. The summed E-state index contributed by atoms with van der Waals surface area (Å²) in [7, 11) is 0. The average Bonchev–Trinajstić information content (AvgIpc) is 3.28. The lowest BCUT2D eigenvalue weighted by molar-refractivity contribution is -0.122. The van der Waals surface area contributed by atoms with E-state index in [2.05, 4.69) is 26.0 Å². The largest absolute Gasteiger partial charge is 0.350 e. The number of aromatic nitrogens is 4. The molecule has 1 heterocycles. The van der Waals surface area contributed by atoms with Gasteiger partial charge < -0.3 is 10.6 Å². The predicted molar refractivity (Wildman–Crippen MR) is 121 cm³/mol. The maximum absolute atomic E-state index is 12.9. The average molecular weight is 444 g/mol. The Morgan fingerprint density at radius 2 is 1.70 bits per heavy atom. The van der Waals surface area contributed by atoms with Crippen molar-refractivity contribution < 1.29 is 14.0 Å². The van der Waals surface area contributed by atoms with Crippen LogP contribution in [-0.4, -0.2) is 32.0 Å². The molecule has 4 rings (SSSR count). The smallest absolute Gasteiger partial charge is 0.255 e. The summed E-state index contributed by atoms with van der Waals surface area (Å²) in [5, 5.41) is 17.7. The topological polar surface area (TPSA) is 102 Å². The predicted octanol–water partition coefficient (Wildman–Crippen LogP) is 3.36. The summed E-state index contributed by atoms with van der Waals surface area (Å²) >= 11 is 0. The van der Waals surface area contributed by atoms with Crippen LogP contribution in [0.5, 0.6) is 0 Å². The lowest BCUT2D eigenvalue weighted by Crippen LogP contribution is -2.28. The van der Waals surface area contributed by atoms with Crippen LogP contribution in [0.15, 0.2) is 72.8 Å². The molecule has 0 aliphatic rings. The van der Waals surface area contributed by atoms with Crippen molar-refractivity contribution in [3.63, 3.8) is 0 Å². The van der Waals surface area contributed by atoms with Crippen LogP contribution in [0, 0.1) is 12.7 Å². The van der Waals surface area contributed by atoms with Crippen molar-refractivity contribution in [3.8, 4) is 11.4 Å². The number of halogens is 1. The zero-order valence-corrected chi connectivity index (χ0v) is 17.8. The summed E-state index contributed by atoms with van der Waals surface area (Å²) in [5.41, 5.74) is 3.63. The molecule has 4 aromatic rings. The van der Waals surface area contributed by atoms with Gasteiger partial charge in [-0.25, -0.2) is 4.39 Å². The molecule has 0 atom stereocenters. The van der Waals surface area contributed by atoms with E-state index in [9.17, 15) is 14.0 Å². The third kappa shape index (κ3) is 5.65. The van der Waals surface area contributed by atoms with Gasteiger partial charge >= 0.3 is 0 Å². The molecular weight excluding hydrogens is 423 g/mol. The van der Waals surface area contributed by atoms with Gasteiger partial charge in [-0.05, 0) is 65.7 Å². The van der Waals surface area contributed by atoms with Gasteiger partial charge in [-0.3, -0.25) is 9.59 Å². The van der Waals surface area contributed by atoms with E-state index in [1.54, 1.807) is 42.5 Å². The van der Waals surface area contributed by atoms with Crippen LogP contribution in [-0.2, 0) is 17.9 Å². The molecule has 0 spiro atoms. The summed E-state index contributed by atoms with van der Waals surface area (Å²) in [6.45, 7) is 2.06. The van der Waals surface area contributed by atoms with Crippen LogP contribution in [0.25, 0.3) is 11.4 Å². The van der Waals surface area contributed by atoms with Crippen LogP contribution < -0.4 is 10.6 Å². The Bertz CT molecular complexity index is 1270. The summed E-state index contributed by atoms with van der Waals surface area (Å²) in [4.78, 5) is 25.8. The molecule has 0 aliphatic heterocycles. The summed E-state index contributed by atoms with van der Waals surface area (Å²) < 4.78 is 12.9. The standard InChI is InChI=1S/C24H21FN6O2/c1-16-4-2-3-5-21(16)24(33)27-20-12-8-18(9-13-20)23-28-30-31(29-23)15-22(32)26-14-17-6-10-19(25)11-7-17/h2-13H,14-15H2,1H3,(H,26,32)(H,27,33). The molecule has 0 saturated carbocycles. The molecule has 0 saturated heterocycles. The number of benzene rings is 3. The first-order chi connectivity index (χ1) is 16.0. The number of carbonyl (C=O) groups excluding carboxylic acids is 2. The molecule has 0 fully saturated rings. The zero-order valence-electron chi connectivity index (χ0n) is 17.8. The van der Waals surface area contributed by atoms with Crippen LogP contribution in [0.4, 0.5) is 10.1 Å². The quantitative estimate of drug-likeness (QED) is 0.455. The maximum Gasteiger partial charge on any atom is 0.255 e. The lowest BCUT2D eigenvalue weighted by atomic mass is 10.1. The Morgan fingerprint density at radius 1 is 0.970 bits per heavy atom. The highest BCUT2D eigenvalue weighted by Crippen LogP contribution is 2.18. The summed E-state index contributed by atoms with van der Waals surface area (Å²) in [6, 6.07) is 20.3. The number of nitrogens with zero attached hydrogens (tertiary/aromatic N) is 4. The van der Waals surface area contributed by atoms with Gasteiger partial charge in [0.2, 0.25) is 11.7 Å². The van der Waals surface area contributed by atoms with E-state index in [0.29, 0.717) is 22.6 Å². The number of amides is 2. The van der Waals surface area contributed by atoms with Crippen molar-refractivity contribution in [1.29, 1.82) is 0 Å². The molecule has 0 aliphatic carbocycles. The Morgan fingerprint density at radius 3 is 2.42 bits per heavy atom. The minimum atomic E-state index is -0.328. The van der Waals surface area contributed by atoms with Gasteiger partial charge in [-0.1, -0.05) is 30.3 Å². The van der Waals surface area contributed by atoms with E-state index in [0.717, 1.165) is 11.1 Å². The fourth-order valence-corrected chi connectivity index (χ4v) is 3.14. The van der Waals surface area contributed by atoms with Gasteiger partial charge in [-0.2, -0.15) is 4.80 Å². The molecule has 8 nitrogen and oxygen atoms in total. The fourth-order valence-electron chi connectivity index (χ4n) is 3.14. The van der Waals surface area contributed by atoms with Crippen LogP contribution in [0.3, 0.4) is 0 Å². The van der Waals surface area contributed by atoms with Crippen LogP contribution >= 0.6 is 0 Å². The molecule has 0 unspecified atom stereocenters. The second-order valence-corrected chi connectivity index (χ2v) is 7.39. The first kappa shape index (κ1) is 21.8. The minimum Gasteiger partial charge on any atom is -0.350 e. The van der Waals surface area contributed by atoms with Crippen LogP contribution in [0.1, 0.15) is 21.5 Å². The van der Waals surface area contributed by atoms with E-state index < -0.39 is 0 Å². The van der Waals surface area contributed by atoms with Crippen LogP contribution in [0.2, 0.25) is 0 Å². The number of aryl methyl sites for hydroxylation is 1. The Labute approximate surface area is 189 Å². The second kappa shape index (κ2) is 9.82. The normalized spacial score (nSPS) is 10.6. The van der Waals surface area contributed by atoms with E-state index >= 15 is 0 Å². The molecule has 1 aromatic heterocycles. The van der Waals surface area contributed by atoms with Gasteiger partial charge in [0, 0.05) is 23.4 Å². The van der Waals surface area contributed by atoms with Gasteiger partial charge in [0.25, 0.3) is 5.91 Å². The van der Waals surface area contributed by atoms with Crippen molar-refractivity contribution in [2.45, 2.75) is 20.0 Å². The highest BCUT2D eigenvalue weighted by Gasteiger charge is 2.11. The molecule has 166 valence electrons. The number of hydrogen-bond donors (Lipinski definition) is 2. The van der Waals surface area contributed by atoms with Crippen molar-refractivity contribution in [1.82, 2.24) is 25.5 Å². The number of hydrogen-bond acceptors (Lipinski definition) is 5. The number of rotatable bonds is 7. The van der Waals surface area contributed by atoms with Crippen molar-refractivity contribution >= 4 is 17.5 Å². The van der Waals surface area contributed by atoms with Gasteiger partial charge in [0.1, 0.15) is 12.4 Å². The highest BCUT2D eigenvalue weighted by atomic mass is 19.1. The van der Waals surface area contributed by atoms with E-state index in [1.165, 1.54) is 16.9 Å². The number of nitrogens with one attached hydrogen (secondary N) is 2. The zero-order chi connectivity index (χ0) is 23.2. The number of carbonyl (C=O) groups is 2. The van der Waals surface area contributed by atoms with E-state index in [4.69, 9.17) is 0 Å². The van der Waals surface area contributed by atoms with Gasteiger partial charge in [0.05, 0.1) is 0 Å². The lowest BCUT2D eigenvalue weighted by Gasteiger charge is -2.07. The Kier molecular flexibility index (Phi) is 6.49. The molecule has 9 heteroatoms. The molecule has 0 radical (unpaired) electrons. The summed E-state index contributed by atoms with van der Waals surface area (Å²) in [5.74, 6) is -0.446. The molecule has 2 amide bonds. The minimum absolute atomic E-state index is 0.0985. The third-order valence-electron chi connectivity index (χ3n) is 4.93. The van der Waals surface area contributed by atoms with Gasteiger partial charge in [-0.15, -0.1) is 10.2 Å². The Hall–Kier alpha value is -4.40. The van der Waals surface area contributed by atoms with E-state index in [-0.39, 0.29) is 30.7 Å². The first-order valence-corrected chi connectivity index (χ1v) is 10.2. The highest BCUT2D eigenvalue weighted by molar-refractivity contribution is 6.05. The Balaban J connectivity index is 1.33. The van der Waals surface area contributed by atoms with Crippen molar-refractivity contribution in [2.75, 3.05) is 5.32 Å². The fraction of sp³-hybridized carbons (Fsp3) is 0.125. The second-order valence-electron chi connectivity index (χ2n) is 7.39. The SMILES string of the molecule is Cc1ccccc1C(=O)Nc1ccc(-c2nnn(CC(=O)NCc3ccc(F)cc3)n2)cc1. The van der Waals surface area contributed by atoms with Crippen molar-refractivity contribution in [2.24, 2.45) is 0 Å². The first-order valence-electron chi connectivity index (χ1n) is 10.2. The van der Waals surface area contributed by atoms with Gasteiger partial charge in [0.15, 0.2) is 0 Å². The van der Waals surface area contributed by atoms with E-state index in [1.807, 2.05) is 25.1 Å². The summed E-state index contributed by atoms with van der Waals surface area (Å²) in [6.07, 6.45) is 0. The molecule has 2 N–H and O–H groups in total. The molecular formula is C24H21FN6O2. The molecule has 0 bridgehead atoms. The van der Waals surface area contributed by atoms with Crippen molar-refractivity contribution in [3.05, 3.63) is 95.3 Å². The third-order valence-corrected chi connectivity index (χ3v) is 4.93. The number of anilines is 1.